The van der Waals surface area contributed by atoms with E-state index < -0.39 is 0 Å². The molecule has 0 aromatic carbocycles. The average Bonchev–Trinajstić information content (AvgIpc) is 3.12. The molecule has 3 unspecified atom stereocenters. The number of fused-ring (bicyclic) bond motifs is 2. The van der Waals surface area contributed by atoms with Gasteiger partial charge in [0.1, 0.15) is 0 Å². The van der Waals surface area contributed by atoms with E-state index in [0.717, 1.165) is 54.6 Å². The summed E-state index contributed by atoms with van der Waals surface area (Å²) in [5, 5.41) is 0. The van der Waals surface area contributed by atoms with Gasteiger partial charge in [0, 0.05) is 11.1 Å². The molecular weight excluding hydrogens is 248 g/mol. The summed E-state index contributed by atoms with van der Waals surface area (Å²) < 4.78 is 0. The second kappa shape index (κ2) is 5.46. The van der Waals surface area contributed by atoms with Gasteiger partial charge in [-0.15, -0.1) is 0 Å². The molecule has 2 heteroatoms. The number of allylic oxidation sites excluding steroid dienone is 2. The number of rotatable bonds is 0. The van der Waals surface area contributed by atoms with E-state index in [0.29, 0.717) is 0 Å². The van der Waals surface area contributed by atoms with Gasteiger partial charge in [-0.2, -0.15) is 0 Å². The summed E-state index contributed by atoms with van der Waals surface area (Å²) in [6.45, 7) is 4.15. The molecule has 3 atom stereocenters. The second-order valence-corrected chi connectivity index (χ2v) is 7.27. The van der Waals surface area contributed by atoms with Gasteiger partial charge in [0.25, 0.3) is 0 Å². The van der Waals surface area contributed by atoms with E-state index in [1.54, 1.807) is 32.6 Å². The summed E-state index contributed by atoms with van der Waals surface area (Å²) >= 11 is 0. The summed E-state index contributed by atoms with van der Waals surface area (Å²) in [5.41, 5.74) is 1.69. The summed E-state index contributed by atoms with van der Waals surface area (Å²) in [5.74, 6) is 3.18. The molecule has 110 valence electrons. The summed E-state index contributed by atoms with van der Waals surface area (Å²) in [4.78, 5) is 22.9. The number of Topliss-reactive ketones (excluding diaryl/α,β-unsaturated/α-hetero) is 2. The van der Waals surface area contributed by atoms with E-state index >= 15 is 0 Å². The zero-order valence-corrected chi connectivity index (χ0v) is 12.8. The topological polar surface area (TPSA) is 34.1 Å². The molecule has 2 fully saturated rings. The lowest BCUT2D eigenvalue weighted by Crippen LogP contribution is -2.12. The van der Waals surface area contributed by atoms with Crippen molar-refractivity contribution in [3.8, 4) is 0 Å². The van der Waals surface area contributed by atoms with Gasteiger partial charge < -0.3 is 0 Å². The van der Waals surface area contributed by atoms with Crippen LogP contribution in [0.4, 0.5) is 0 Å². The molecule has 0 aromatic rings. The molecule has 4 rings (SSSR count). The molecule has 0 N–H and O–H groups in total. The number of hydrogen-bond acceptors (Lipinski definition) is 2. The van der Waals surface area contributed by atoms with Crippen LogP contribution in [0.3, 0.4) is 0 Å². The Balaban J connectivity index is 0.000000131. The first kappa shape index (κ1) is 14.0. The Hall–Kier alpha value is -0.920. The average molecular weight is 274 g/mol. The minimum absolute atomic E-state index is 0.0923. The zero-order valence-electron chi connectivity index (χ0n) is 12.8. The molecule has 2 saturated carbocycles. The molecule has 0 aromatic heterocycles. The quantitative estimate of drug-likeness (QED) is 0.624. The van der Waals surface area contributed by atoms with Crippen molar-refractivity contribution in [2.45, 2.75) is 65.2 Å². The van der Waals surface area contributed by atoms with Crippen molar-refractivity contribution in [3.63, 3.8) is 0 Å². The smallest absolute Gasteiger partial charge is 0.169 e. The Bertz CT molecular complexity index is 430. The molecule has 0 spiro atoms. The van der Waals surface area contributed by atoms with Crippen molar-refractivity contribution in [3.05, 3.63) is 11.1 Å². The van der Waals surface area contributed by atoms with E-state index in [1.807, 2.05) is 0 Å². The van der Waals surface area contributed by atoms with E-state index in [4.69, 9.17) is 0 Å². The fourth-order valence-electron chi connectivity index (χ4n) is 4.65. The number of carbonyl (C=O) groups excluding carboxylic acids is 2. The van der Waals surface area contributed by atoms with E-state index in [2.05, 4.69) is 6.92 Å². The van der Waals surface area contributed by atoms with Crippen LogP contribution in [0.2, 0.25) is 0 Å². The van der Waals surface area contributed by atoms with Crippen molar-refractivity contribution in [2.24, 2.45) is 23.7 Å². The Morgan fingerprint density at radius 3 is 1.80 bits per heavy atom. The van der Waals surface area contributed by atoms with Gasteiger partial charge in [-0.05, 0) is 69.6 Å². The van der Waals surface area contributed by atoms with Crippen LogP contribution >= 0.6 is 0 Å². The van der Waals surface area contributed by atoms with Crippen molar-refractivity contribution in [1.82, 2.24) is 0 Å². The molecule has 20 heavy (non-hydrogen) atoms. The first-order valence-electron chi connectivity index (χ1n) is 8.38. The number of ketones is 2. The maximum absolute atomic E-state index is 11.5. The monoisotopic (exact) mass is 274 g/mol. The standard InChI is InChI=1S/C10H12O2.C8H14/c1-6-9(11)7-4-2-3-5-8(7)10(6)12;1-6-4-7-2-3-8(6)5-7/h6H,2-5H2,1H3;6-8H,2-5H2,1H3. The highest BCUT2D eigenvalue weighted by Crippen LogP contribution is 2.47. The highest BCUT2D eigenvalue weighted by Gasteiger charge is 2.38. The van der Waals surface area contributed by atoms with Crippen molar-refractivity contribution in [2.75, 3.05) is 0 Å². The lowest BCUT2D eigenvalue weighted by Gasteiger charge is -2.15. The van der Waals surface area contributed by atoms with Gasteiger partial charge >= 0.3 is 0 Å². The number of carbonyl (C=O) groups is 2. The molecule has 0 aliphatic heterocycles. The molecule has 0 saturated heterocycles. The lowest BCUT2D eigenvalue weighted by molar-refractivity contribution is -0.125. The van der Waals surface area contributed by atoms with Crippen molar-refractivity contribution < 1.29 is 9.59 Å². The van der Waals surface area contributed by atoms with Crippen LogP contribution in [0.15, 0.2) is 11.1 Å². The maximum Gasteiger partial charge on any atom is 0.169 e. The molecular formula is C18H26O2. The van der Waals surface area contributed by atoms with Gasteiger partial charge in [-0.1, -0.05) is 13.3 Å². The van der Waals surface area contributed by atoms with Gasteiger partial charge in [-0.25, -0.2) is 0 Å². The van der Waals surface area contributed by atoms with E-state index in [9.17, 15) is 9.59 Å². The van der Waals surface area contributed by atoms with E-state index in [-0.39, 0.29) is 17.5 Å². The summed E-state index contributed by atoms with van der Waals surface area (Å²) in [6.07, 6.45) is 10.0. The van der Waals surface area contributed by atoms with Crippen molar-refractivity contribution >= 4 is 11.6 Å². The van der Waals surface area contributed by atoms with Crippen LogP contribution < -0.4 is 0 Å². The van der Waals surface area contributed by atoms with Crippen molar-refractivity contribution in [1.29, 1.82) is 0 Å². The third-order valence-corrected chi connectivity index (χ3v) is 5.94. The largest absolute Gasteiger partial charge is 0.294 e. The maximum atomic E-state index is 11.5. The molecule has 2 bridgehead atoms. The Morgan fingerprint density at radius 1 is 0.850 bits per heavy atom. The molecule has 0 radical (unpaired) electrons. The normalized spacial score (nSPS) is 36.2. The van der Waals surface area contributed by atoms with Crippen LogP contribution in [0, 0.1) is 23.7 Å². The van der Waals surface area contributed by atoms with Crippen LogP contribution in [-0.4, -0.2) is 11.6 Å². The predicted molar refractivity (Wildman–Crippen MR) is 79.3 cm³/mol. The SMILES string of the molecule is CC1C(=O)C2=C(CCCC2)C1=O.CC1CC2CCC1C2. The van der Waals surface area contributed by atoms with Gasteiger partial charge in [0.15, 0.2) is 11.6 Å². The Labute approximate surface area is 122 Å². The highest BCUT2D eigenvalue weighted by molar-refractivity contribution is 6.24. The molecule has 2 nitrogen and oxygen atoms in total. The summed E-state index contributed by atoms with van der Waals surface area (Å²) in [7, 11) is 0. The third kappa shape index (κ3) is 2.38. The van der Waals surface area contributed by atoms with E-state index in [1.165, 1.54) is 0 Å². The molecule has 0 amide bonds. The van der Waals surface area contributed by atoms with Crippen LogP contribution in [0.25, 0.3) is 0 Å². The van der Waals surface area contributed by atoms with Crippen LogP contribution in [0.5, 0.6) is 0 Å². The minimum Gasteiger partial charge on any atom is -0.294 e. The van der Waals surface area contributed by atoms with Crippen LogP contribution in [-0.2, 0) is 9.59 Å². The minimum atomic E-state index is -0.368. The molecule has 4 aliphatic rings. The summed E-state index contributed by atoms with van der Waals surface area (Å²) in [6, 6.07) is 0. The fraction of sp³-hybridized carbons (Fsp3) is 0.778. The Kier molecular flexibility index (Phi) is 3.83. The van der Waals surface area contributed by atoms with Crippen LogP contribution in [0.1, 0.15) is 65.2 Å². The van der Waals surface area contributed by atoms with Gasteiger partial charge in [0.2, 0.25) is 0 Å². The molecule has 4 aliphatic carbocycles. The highest BCUT2D eigenvalue weighted by atomic mass is 16.2. The first-order valence-corrected chi connectivity index (χ1v) is 8.38. The van der Waals surface area contributed by atoms with Gasteiger partial charge in [0.05, 0.1) is 5.92 Å². The number of hydrogen-bond donors (Lipinski definition) is 0. The fourth-order valence-corrected chi connectivity index (χ4v) is 4.65. The van der Waals surface area contributed by atoms with Gasteiger partial charge in [-0.3, -0.25) is 9.59 Å². The zero-order chi connectivity index (χ0) is 14.3. The second-order valence-electron chi connectivity index (χ2n) is 7.27. The lowest BCUT2D eigenvalue weighted by atomic mass is 9.91. The predicted octanol–water partition coefficient (Wildman–Crippen LogP) is 4.09. The Morgan fingerprint density at radius 2 is 1.45 bits per heavy atom. The molecule has 0 heterocycles. The third-order valence-electron chi connectivity index (χ3n) is 5.94. The first-order chi connectivity index (χ1) is 9.58.